The van der Waals surface area contributed by atoms with E-state index in [2.05, 4.69) is 5.43 Å². The number of nitrogens with one attached hydrogen (secondary N) is 1. The van der Waals surface area contributed by atoms with Crippen LogP contribution in [0.1, 0.15) is 38.5 Å². The van der Waals surface area contributed by atoms with Gasteiger partial charge >= 0.3 is 0 Å². The first-order valence-electron chi connectivity index (χ1n) is 5.01. The molecule has 1 aliphatic rings. The van der Waals surface area contributed by atoms with Crippen molar-refractivity contribution in [1.82, 2.24) is 5.43 Å². The quantitative estimate of drug-likeness (QED) is 0.346. The van der Waals surface area contributed by atoms with Crippen LogP contribution in [-0.2, 0) is 4.79 Å². The molecule has 2 unspecified atom stereocenters. The Kier molecular flexibility index (Phi) is 6.87. The number of amides is 1. The van der Waals surface area contributed by atoms with Gasteiger partial charge in [-0.05, 0) is 12.8 Å². The molecule has 0 aromatic carbocycles. The van der Waals surface area contributed by atoms with Gasteiger partial charge in [-0.25, -0.2) is 5.84 Å². The third kappa shape index (κ3) is 3.82. The largest absolute Gasteiger partial charge is 0.327 e. The molecule has 1 saturated carbocycles. The SMILES string of the molecule is Cl.NNC(=O)C1CCCCCCC1N. The first-order chi connectivity index (χ1) is 6.25. The highest BCUT2D eigenvalue weighted by Crippen LogP contribution is 2.21. The number of rotatable bonds is 1. The second kappa shape index (κ2) is 7.04. The molecular weight excluding hydrogens is 202 g/mol. The van der Waals surface area contributed by atoms with Crippen LogP contribution in [-0.4, -0.2) is 11.9 Å². The molecular formula is C9H20ClN3O. The van der Waals surface area contributed by atoms with Crippen LogP contribution < -0.4 is 17.0 Å². The second-order valence-electron chi connectivity index (χ2n) is 3.77. The molecule has 0 saturated heterocycles. The highest BCUT2D eigenvalue weighted by molar-refractivity contribution is 5.85. The van der Waals surface area contributed by atoms with Crippen LogP contribution in [0.15, 0.2) is 0 Å². The van der Waals surface area contributed by atoms with Gasteiger partial charge < -0.3 is 5.73 Å². The molecule has 14 heavy (non-hydrogen) atoms. The third-order valence-electron chi connectivity index (χ3n) is 2.80. The van der Waals surface area contributed by atoms with Gasteiger partial charge in [-0.3, -0.25) is 10.2 Å². The Labute approximate surface area is 91.2 Å². The zero-order chi connectivity index (χ0) is 9.68. The van der Waals surface area contributed by atoms with E-state index >= 15 is 0 Å². The monoisotopic (exact) mass is 221 g/mol. The third-order valence-corrected chi connectivity index (χ3v) is 2.80. The van der Waals surface area contributed by atoms with E-state index in [0.717, 1.165) is 25.7 Å². The van der Waals surface area contributed by atoms with E-state index in [9.17, 15) is 4.79 Å². The predicted octanol–water partition coefficient (Wildman–Crippen LogP) is 0.696. The fraction of sp³-hybridized carbons (Fsp3) is 0.889. The van der Waals surface area contributed by atoms with Gasteiger partial charge in [0, 0.05) is 6.04 Å². The maximum atomic E-state index is 11.3. The Morgan fingerprint density at radius 2 is 1.71 bits per heavy atom. The van der Waals surface area contributed by atoms with Crippen LogP contribution in [0, 0.1) is 5.92 Å². The summed E-state index contributed by atoms with van der Waals surface area (Å²) in [5, 5.41) is 0. The average Bonchev–Trinajstić information content (AvgIpc) is 2.11. The summed E-state index contributed by atoms with van der Waals surface area (Å²) in [5.41, 5.74) is 8.10. The number of hydrogen-bond acceptors (Lipinski definition) is 3. The molecule has 84 valence electrons. The van der Waals surface area contributed by atoms with E-state index in [-0.39, 0.29) is 30.3 Å². The van der Waals surface area contributed by atoms with Crippen LogP contribution in [0.25, 0.3) is 0 Å². The van der Waals surface area contributed by atoms with Gasteiger partial charge in [0.15, 0.2) is 0 Å². The van der Waals surface area contributed by atoms with Crippen LogP contribution >= 0.6 is 12.4 Å². The van der Waals surface area contributed by atoms with Gasteiger partial charge in [0.1, 0.15) is 0 Å². The number of hydrogen-bond donors (Lipinski definition) is 3. The molecule has 1 aliphatic carbocycles. The lowest BCUT2D eigenvalue weighted by Gasteiger charge is -2.24. The Morgan fingerprint density at radius 1 is 1.14 bits per heavy atom. The number of carbonyl (C=O) groups is 1. The molecule has 0 spiro atoms. The highest BCUT2D eigenvalue weighted by atomic mass is 35.5. The molecule has 1 amide bonds. The van der Waals surface area contributed by atoms with Crippen LogP contribution in [0.4, 0.5) is 0 Å². The van der Waals surface area contributed by atoms with Crippen molar-refractivity contribution in [3.63, 3.8) is 0 Å². The van der Waals surface area contributed by atoms with Gasteiger partial charge in [-0.1, -0.05) is 25.7 Å². The number of nitrogens with two attached hydrogens (primary N) is 2. The minimum Gasteiger partial charge on any atom is -0.327 e. The summed E-state index contributed by atoms with van der Waals surface area (Å²) in [7, 11) is 0. The summed E-state index contributed by atoms with van der Waals surface area (Å²) in [4.78, 5) is 11.3. The molecule has 5 heteroatoms. The lowest BCUT2D eigenvalue weighted by Crippen LogP contribution is -2.44. The molecule has 1 rings (SSSR count). The van der Waals surface area contributed by atoms with Gasteiger partial charge in [-0.15, -0.1) is 12.4 Å². The summed E-state index contributed by atoms with van der Waals surface area (Å²) in [6, 6.07) is -0.0103. The topological polar surface area (TPSA) is 81.1 Å². The second-order valence-corrected chi connectivity index (χ2v) is 3.77. The normalized spacial score (nSPS) is 28.1. The highest BCUT2D eigenvalue weighted by Gasteiger charge is 2.25. The number of hydrazine groups is 1. The van der Waals surface area contributed by atoms with Gasteiger partial charge in [0.25, 0.3) is 0 Å². The fourth-order valence-electron chi connectivity index (χ4n) is 1.95. The minimum atomic E-state index is -0.102. The van der Waals surface area contributed by atoms with Crippen molar-refractivity contribution < 1.29 is 4.79 Å². The number of carbonyl (C=O) groups excluding carboxylic acids is 1. The van der Waals surface area contributed by atoms with Crippen LogP contribution in [0.3, 0.4) is 0 Å². The van der Waals surface area contributed by atoms with E-state index in [1.165, 1.54) is 12.8 Å². The van der Waals surface area contributed by atoms with Gasteiger partial charge in [0.2, 0.25) is 5.91 Å². The summed E-state index contributed by atoms with van der Waals surface area (Å²) in [5.74, 6) is 4.92. The first kappa shape index (κ1) is 13.7. The van der Waals surface area contributed by atoms with Crippen molar-refractivity contribution in [3.05, 3.63) is 0 Å². The van der Waals surface area contributed by atoms with E-state index in [1.54, 1.807) is 0 Å². The predicted molar refractivity (Wildman–Crippen MR) is 58.7 cm³/mol. The van der Waals surface area contributed by atoms with Crippen molar-refractivity contribution in [2.24, 2.45) is 17.5 Å². The number of halogens is 1. The Hall–Kier alpha value is -0.320. The summed E-state index contributed by atoms with van der Waals surface area (Å²) >= 11 is 0. The molecule has 0 aromatic heterocycles. The van der Waals surface area contributed by atoms with Crippen molar-refractivity contribution >= 4 is 18.3 Å². The van der Waals surface area contributed by atoms with E-state index in [4.69, 9.17) is 11.6 Å². The zero-order valence-electron chi connectivity index (χ0n) is 8.37. The smallest absolute Gasteiger partial charge is 0.238 e. The van der Waals surface area contributed by atoms with Crippen molar-refractivity contribution in [3.8, 4) is 0 Å². The van der Waals surface area contributed by atoms with Crippen molar-refractivity contribution in [2.75, 3.05) is 0 Å². The van der Waals surface area contributed by atoms with Crippen molar-refractivity contribution in [2.45, 2.75) is 44.6 Å². The lowest BCUT2D eigenvalue weighted by molar-refractivity contribution is -0.126. The Morgan fingerprint density at radius 3 is 2.29 bits per heavy atom. The fourth-order valence-corrected chi connectivity index (χ4v) is 1.95. The van der Waals surface area contributed by atoms with E-state index in [0.29, 0.717) is 0 Å². The zero-order valence-corrected chi connectivity index (χ0v) is 9.19. The summed E-state index contributed by atoms with van der Waals surface area (Å²) in [6.45, 7) is 0. The molecule has 2 atom stereocenters. The molecule has 0 radical (unpaired) electrons. The van der Waals surface area contributed by atoms with Crippen LogP contribution in [0.5, 0.6) is 0 Å². The minimum absolute atomic E-state index is 0. The maximum Gasteiger partial charge on any atom is 0.238 e. The lowest BCUT2D eigenvalue weighted by atomic mass is 9.87. The maximum absolute atomic E-state index is 11.3. The molecule has 0 bridgehead atoms. The molecule has 0 aliphatic heterocycles. The summed E-state index contributed by atoms with van der Waals surface area (Å²) in [6.07, 6.45) is 6.50. The standard InChI is InChI=1S/C9H19N3O.ClH/c10-8-6-4-2-1-3-5-7(8)9(13)12-11;/h7-8H,1-6,10-11H2,(H,12,13);1H. The molecule has 1 fully saturated rings. The average molecular weight is 222 g/mol. The Bertz CT molecular complexity index is 177. The van der Waals surface area contributed by atoms with Crippen molar-refractivity contribution in [1.29, 1.82) is 0 Å². The van der Waals surface area contributed by atoms with E-state index in [1.807, 2.05) is 0 Å². The van der Waals surface area contributed by atoms with E-state index < -0.39 is 0 Å². The Balaban J connectivity index is 0.00000169. The van der Waals surface area contributed by atoms with Gasteiger partial charge in [-0.2, -0.15) is 0 Å². The van der Waals surface area contributed by atoms with Crippen LogP contribution in [0.2, 0.25) is 0 Å². The summed E-state index contributed by atoms with van der Waals surface area (Å²) < 4.78 is 0. The molecule has 0 aromatic rings. The first-order valence-corrected chi connectivity index (χ1v) is 5.01. The molecule has 5 N–H and O–H groups in total. The van der Waals surface area contributed by atoms with Gasteiger partial charge in [0.05, 0.1) is 5.92 Å². The molecule has 4 nitrogen and oxygen atoms in total. The molecule has 0 heterocycles.